The molecule has 144 valence electrons. The zero-order valence-corrected chi connectivity index (χ0v) is 15.9. The van der Waals surface area contributed by atoms with Crippen LogP contribution >= 0.6 is 0 Å². The Morgan fingerprint density at radius 3 is 2.81 bits per heavy atom. The molecular formula is C20H32FN5. The molecule has 1 saturated heterocycles. The molecule has 0 aliphatic carbocycles. The Labute approximate surface area is 155 Å². The summed E-state index contributed by atoms with van der Waals surface area (Å²) in [6.45, 7) is 4.77. The summed E-state index contributed by atoms with van der Waals surface area (Å²) in [5.74, 6) is 1.42. The Morgan fingerprint density at radius 2 is 2.04 bits per heavy atom. The van der Waals surface area contributed by atoms with Crippen LogP contribution in [0.4, 0.5) is 10.2 Å². The maximum Gasteiger partial charge on any atom is 0.151 e. The van der Waals surface area contributed by atoms with Crippen LogP contribution in [0, 0.1) is 0 Å². The van der Waals surface area contributed by atoms with Gasteiger partial charge in [-0.1, -0.05) is 26.2 Å². The zero-order valence-electron chi connectivity index (χ0n) is 15.9. The largest absolute Gasteiger partial charge is 0.382 e. The van der Waals surface area contributed by atoms with Gasteiger partial charge in [-0.3, -0.25) is 0 Å². The fraction of sp³-hybridized carbons (Fsp3) is 0.700. The Kier molecular flexibility index (Phi) is 6.83. The van der Waals surface area contributed by atoms with E-state index in [1.165, 1.54) is 18.4 Å². The van der Waals surface area contributed by atoms with E-state index in [0.717, 1.165) is 68.5 Å². The standard InChI is InChI=1S/C20H32FN5/c1-2-3-9-17-24-18-15(13-23-19(18)20(22)25-17)8-6-4-5-7-11-26-12-10-16(21)14-26/h13,16,23H,2-12,14H2,1H3,(H2,22,24,25). The molecule has 1 unspecified atom stereocenters. The highest BCUT2D eigenvalue weighted by Crippen LogP contribution is 2.23. The second kappa shape index (κ2) is 9.31. The Bertz CT molecular complexity index is 699. The molecule has 0 aromatic carbocycles. The van der Waals surface area contributed by atoms with Crippen molar-refractivity contribution in [1.82, 2.24) is 19.9 Å². The predicted octanol–water partition coefficient (Wildman–Crippen LogP) is 4.03. The highest BCUT2D eigenvalue weighted by Gasteiger charge is 2.20. The number of halogens is 1. The molecule has 2 aromatic heterocycles. The third kappa shape index (κ3) is 4.93. The second-order valence-corrected chi connectivity index (χ2v) is 7.52. The van der Waals surface area contributed by atoms with E-state index < -0.39 is 6.17 Å². The molecule has 5 nitrogen and oxygen atoms in total. The van der Waals surface area contributed by atoms with Gasteiger partial charge in [0.1, 0.15) is 17.5 Å². The quantitative estimate of drug-likeness (QED) is 0.627. The number of anilines is 1. The smallest absolute Gasteiger partial charge is 0.151 e. The normalized spacial score (nSPS) is 18.2. The van der Waals surface area contributed by atoms with Gasteiger partial charge in [0.05, 0.1) is 5.52 Å². The van der Waals surface area contributed by atoms with Gasteiger partial charge in [-0.15, -0.1) is 0 Å². The van der Waals surface area contributed by atoms with Crippen LogP contribution in [0.2, 0.25) is 0 Å². The van der Waals surface area contributed by atoms with Crippen molar-refractivity contribution in [2.45, 2.75) is 70.9 Å². The lowest BCUT2D eigenvalue weighted by Gasteiger charge is -2.13. The van der Waals surface area contributed by atoms with E-state index in [1.807, 2.05) is 6.20 Å². The van der Waals surface area contributed by atoms with E-state index in [9.17, 15) is 4.39 Å². The molecule has 0 amide bonds. The maximum atomic E-state index is 13.1. The van der Waals surface area contributed by atoms with Gasteiger partial charge >= 0.3 is 0 Å². The molecular weight excluding hydrogens is 329 g/mol. The summed E-state index contributed by atoms with van der Waals surface area (Å²) in [7, 11) is 0. The van der Waals surface area contributed by atoms with E-state index in [1.54, 1.807) is 0 Å². The molecule has 0 radical (unpaired) electrons. The number of hydrogen-bond donors (Lipinski definition) is 2. The van der Waals surface area contributed by atoms with Crippen molar-refractivity contribution in [3.05, 3.63) is 17.6 Å². The molecule has 3 rings (SSSR count). The Morgan fingerprint density at radius 1 is 1.19 bits per heavy atom. The average molecular weight is 362 g/mol. The fourth-order valence-corrected chi connectivity index (χ4v) is 3.76. The number of aromatic nitrogens is 3. The summed E-state index contributed by atoms with van der Waals surface area (Å²) >= 11 is 0. The summed E-state index contributed by atoms with van der Waals surface area (Å²) in [5.41, 5.74) is 9.20. The summed E-state index contributed by atoms with van der Waals surface area (Å²) < 4.78 is 13.1. The SMILES string of the molecule is CCCCc1nc(N)c2[nH]cc(CCCCCCN3CCC(F)C3)c2n1. The Hall–Kier alpha value is -1.69. The highest BCUT2D eigenvalue weighted by molar-refractivity contribution is 5.87. The van der Waals surface area contributed by atoms with Crippen molar-refractivity contribution in [2.75, 3.05) is 25.4 Å². The molecule has 0 spiro atoms. The highest BCUT2D eigenvalue weighted by atomic mass is 19.1. The van der Waals surface area contributed by atoms with E-state index in [-0.39, 0.29) is 0 Å². The molecule has 1 aliphatic rings. The number of fused-ring (bicyclic) bond motifs is 1. The van der Waals surface area contributed by atoms with Crippen LogP contribution in [0.15, 0.2) is 6.20 Å². The number of H-pyrrole nitrogens is 1. The monoisotopic (exact) mass is 361 g/mol. The summed E-state index contributed by atoms with van der Waals surface area (Å²) in [6.07, 6.45) is 11.0. The van der Waals surface area contributed by atoms with Crippen LogP contribution in [-0.4, -0.2) is 45.7 Å². The molecule has 1 atom stereocenters. The van der Waals surface area contributed by atoms with Crippen LogP contribution in [0.3, 0.4) is 0 Å². The minimum atomic E-state index is -0.603. The fourth-order valence-electron chi connectivity index (χ4n) is 3.76. The van der Waals surface area contributed by atoms with Crippen molar-refractivity contribution in [1.29, 1.82) is 0 Å². The molecule has 2 aromatic rings. The van der Waals surface area contributed by atoms with Gasteiger partial charge < -0.3 is 15.6 Å². The van der Waals surface area contributed by atoms with Crippen LogP contribution in [-0.2, 0) is 12.8 Å². The molecule has 0 saturated carbocycles. The lowest BCUT2D eigenvalue weighted by molar-refractivity contribution is 0.283. The third-order valence-electron chi connectivity index (χ3n) is 5.32. The first-order valence-electron chi connectivity index (χ1n) is 10.2. The van der Waals surface area contributed by atoms with Crippen molar-refractivity contribution in [2.24, 2.45) is 0 Å². The number of hydrogen-bond acceptors (Lipinski definition) is 4. The maximum absolute atomic E-state index is 13.1. The summed E-state index contributed by atoms with van der Waals surface area (Å²) in [4.78, 5) is 14.7. The number of likely N-dealkylation sites (tertiary alicyclic amines) is 1. The van der Waals surface area contributed by atoms with E-state index >= 15 is 0 Å². The average Bonchev–Trinajstić information content (AvgIpc) is 3.22. The number of aryl methyl sites for hydroxylation is 2. The zero-order chi connectivity index (χ0) is 18.4. The van der Waals surface area contributed by atoms with Crippen molar-refractivity contribution in [3.63, 3.8) is 0 Å². The number of aromatic amines is 1. The second-order valence-electron chi connectivity index (χ2n) is 7.52. The lowest BCUT2D eigenvalue weighted by Crippen LogP contribution is -2.22. The van der Waals surface area contributed by atoms with Crippen molar-refractivity contribution < 1.29 is 4.39 Å². The minimum Gasteiger partial charge on any atom is -0.382 e. The summed E-state index contributed by atoms with van der Waals surface area (Å²) in [5, 5.41) is 0. The van der Waals surface area contributed by atoms with Crippen molar-refractivity contribution >= 4 is 16.9 Å². The number of nitrogens with one attached hydrogen (secondary N) is 1. The third-order valence-corrected chi connectivity index (χ3v) is 5.32. The topological polar surface area (TPSA) is 70.8 Å². The Balaban J connectivity index is 1.45. The number of unbranched alkanes of at least 4 members (excludes halogenated alkanes) is 4. The van der Waals surface area contributed by atoms with E-state index in [0.29, 0.717) is 18.8 Å². The van der Waals surface area contributed by atoms with E-state index in [2.05, 4.69) is 21.8 Å². The first-order chi connectivity index (χ1) is 12.7. The molecule has 3 N–H and O–H groups in total. The molecule has 3 heterocycles. The number of nitrogens with zero attached hydrogens (tertiary/aromatic N) is 3. The van der Waals surface area contributed by atoms with Gasteiger partial charge in [-0.05, 0) is 44.2 Å². The van der Waals surface area contributed by atoms with Gasteiger partial charge in [0.15, 0.2) is 5.82 Å². The van der Waals surface area contributed by atoms with Gasteiger partial charge in [0.2, 0.25) is 0 Å². The van der Waals surface area contributed by atoms with Gasteiger partial charge in [0.25, 0.3) is 0 Å². The van der Waals surface area contributed by atoms with Crippen LogP contribution in [0.25, 0.3) is 11.0 Å². The molecule has 1 aliphatic heterocycles. The molecule has 6 heteroatoms. The predicted molar refractivity (Wildman–Crippen MR) is 105 cm³/mol. The van der Waals surface area contributed by atoms with Crippen molar-refractivity contribution in [3.8, 4) is 0 Å². The lowest BCUT2D eigenvalue weighted by atomic mass is 10.1. The first-order valence-corrected chi connectivity index (χ1v) is 10.2. The van der Waals surface area contributed by atoms with Crippen LogP contribution in [0.1, 0.15) is 63.3 Å². The molecule has 26 heavy (non-hydrogen) atoms. The van der Waals surface area contributed by atoms with Gasteiger partial charge in [0, 0.05) is 25.7 Å². The van der Waals surface area contributed by atoms with Crippen LogP contribution in [0.5, 0.6) is 0 Å². The molecule has 0 bridgehead atoms. The van der Waals surface area contributed by atoms with Crippen LogP contribution < -0.4 is 5.73 Å². The first kappa shape index (κ1) is 19.1. The van der Waals surface area contributed by atoms with Gasteiger partial charge in [-0.2, -0.15) is 0 Å². The number of nitrogens with two attached hydrogens (primary N) is 1. The van der Waals surface area contributed by atoms with E-state index in [4.69, 9.17) is 10.7 Å². The minimum absolute atomic E-state index is 0.559. The molecule has 1 fully saturated rings. The summed E-state index contributed by atoms with van der Waals surface area (Å²) in [6, 6.07) is 0. The number of rotatable bonds is 10. The number of alkyl halides is 1. The van der Waals surface area contributed by atoms with Gasteiger partial charge in [-0.25, -0.2) is 14.4 Å². The number of nitrogen functional groups attached to an aromatic ring is 1.